The highest BCUT2D eigenvalue weighted by Crippen LogP contribution is 2.57. The lowest BCUT2D eigenvalue weighted by Gasteiger charge is -2.45. The van der Waals surface area contributed by atoms with Gasteiger partial charge in [0, 0.05) is 51.5 Å². The monoisotopic (exact) mass is 1130 g/mol. The molecule has 3 aliphatic carbocycles. The van der Waals surface area contributed by atoms with Gasteiger partial charge in [-0.3, -0.25) is 4.79 Å². The van der Waals surface area contributed by atoms with Crippen LogP contribution in [0.1, 0.15) is 374 Å². The molecule has 2 bridgehead atoms. The molecule has 2 aromatic carbocycles. The summed E-state index contributed by atoms with van der Waals surface area (Å²) in [6, 6.07) is 13.1. The number of fused-ring (bicyclic) bond motifs is 1. The number of unbranched alkanes of at least 4 members (excludes halogenated alkanes) is 44. The maximum absolute atomic E-state index is 12.8. The lowest BCUT2D eigenvalue weighted by atomic mass is 9.57. The van der Waals surface area contributed by atoms with Crippen molar-refractivity contribution >= 4 is 5.97 Å². The fourth-order valence-electron chi connectivity index (χ4n) is 13.5. The Kier molecular flexibility index (Phi) is 44.9. The van der Waals surface area contributed by atoms with Gasteiger partial charge in [-0.1, -0.05) is 320 Å². The van der Waals surface area contributed by atoms with Crippen molar-refractivity contribution in [1.29, 1.82) is 0 Å². The van der Waals surface area contributed by atoms with Crippen LogP contribution in [-0.2, 0) is 37.0 Å². The summed E-state index contributed by atoms with van der Waals surface area (Å²) in [5.74, 6) is -1.20. The fourth-order valence-corrected chi connectivity index (χ4v) is 13.5. The number of ether oxygens (including phenoxy) is 4. The minimum absolute atomic E-state index is 0.0697. The Labute approximate surface area is 501 Å². The number of aliphatic carboxylic acids is 1. The van der Waals surface area contributed by atoms with Crippen molar-refractivity contribution in [3.05, 3.63) is 69.8 Å². The zero-order valence-electron chi connectivity index (χ0n) is 53.5. The molecule has 3 atom stereocenters. The van der Waals surface area contributed by atoms with E-state index in [1.54, 1.807) is 0 Å². The van der Waals surface area contributed by atoms with Gasteiger partial charge in [0.25, 0.3) is 0 Å². The van der Waals surface area contributed by atoms with Gasteiger partial charge >= 0.3 is 5.97 Å². The second kappa shape index (κ2) is 51.0. The molecule has 0 aliphatic heterocycles. The van der Waals surface area contributed by atoms with Gasteiger partial charge in [-0.05, 0) is 78.3 Å². The Balaban J connectivity index is 0.935. The molecule has 2 aromatic rings. The van der Waals surface area contributed by atoms with Gasteiger partial charge in [0.05, 0.1) is 19.1 Å². The van der Waals surface area contributed by atoms with Gasteiger partial charge in [-0.2, -0.15) is 0 Å². The summed E-state index contributed by atoms with van der Waals surface area (Å²) >= 11 is 0. The molecule has 6 heteroatoms. The minimum Gasteiger partial charge on any atom is -0.481 e. The second-order valence-electron chi connectivity index (χ2n) is 25.6. The summed E-state index contributed by atoms with van der Waals surface area (Å²) in [5.41, 5.74) is 7.37. The Morgan fingerprint density at radius 1 is 0.346 bits per heavy atom. The maximum Gasteiger partial charge on any atom is 0.307 e. The summed E-state index contributed by atoms with van der Waals surface area (Å²) in [5, 5.41) is 10.5. The Morgan fingerprint density at radius 3 is 0.901 bits per heavy atom. The maximum atomic E-state index is 12.8. The largest absolute Gasteiger partial charge is 0.481 e. The van der Waals surface area contributed by atoms with Crippen molar-refractivity contribution in [2.75, 3.05) is 39.6 Å². The smallest absolute Gasteiger partial charge is 0.307 e. The summed E-state index contributed by atoms with van der Waals surface area (Å²) in [6.07, 6.45) is 66.2. The molecule has 5 rings (SSSR count). The molecule has 3 unspecified atom stereocenters. The van der Waals surface area contributed by atoms with Crippen LogP contribution in [0.4, 0.5) is 0 Å². The van der Waals surface area contributed by atoms with Crippen LogP contribution in [0, 0.1) is 5.92 Å². The number of rotatable bonds is 61. The first kappa shape index (κ1) is 71.2. The third kappa shape index (κ3) is 33.3. The van der Waals surface area contributed by atoms with Crippen molar-refractivity contribution in [2.45, 2.75) is 354 Å². The quantitative estimate of drug-likeness (QED) is 0.0666. The van der Waals surface area contributed by atoms with Crippen LogP contribution in [0.15, 0.2) is 36.4 Å². The van der Waals surface area contributed by atoms with E-state index in [0.29, 0.717) is 19.6 Å². The third-order valence-electron chi connectivity index (χ3n) is 18.5. The molecule has 0 saturated heterocycles. The highest BCUT2D eigenvalue weighted by atomic mass is 16.5. The second-order valence-corrected chi connectivity index (χ2v) is 25.6. The van der Waals surface area contributed by atoms with Crippen LogP contribution in [0.3, 0.4) is 0 Å². The van der Waals surface area contributed by atoms with Crippen molar-refractivity contribution < 1.29 is 28.8 Å². The van der Waals surface area contributed by atoms with Gasteiger partial charge in [0.2, 0.25) is 0 Å². The molecular formula is C75H130O6. The van der Waals surface area contributed by atoms with E-state index in [-0.39, 0.29) is 11.8 Å². The van der Waals surface area contributed by atoms with Crippen LogP contribution in [-0.4, -0.2) is 50.7 Å². The van der Waals surface area contributed by atoms with E-state index in [1.165, 1.54) is 297 Å². The predicted molar refractivity (Wildman–Crippen MR) is 346 cm³/mol. The molecule has 466 valence electrons. The summed E-state index contributed by atoms with van der Waals surface area (Å²) < 4.78 is 24.6. The Hall–Kier alpha value is -2.25. The average Bonchev–Trinajstić information content (AvgIpc) is 3.59. The Bertz CT molecular complexity index is 1740. The summed E-state index contributed by atoms with van der Waals surface area (Å²) in [4.78, 5) is 12.8. The van der Waals surface area contributed by atoms with Gasteiger partial charge < -0.3 is 24.1 Å². The topological polar surface area (TPSA) is 74.2 Å². The van der Waals surface area contributed by atoms with Crippen LogP contribution in [0.25, 0.3) is 0 Å². The molecule has 0 radical (unpaired) electrons. The average molecular weight is 1130 g/mol. The first-order valence-electron chi connectivity index (χ1n) is 35.9. The molecule has 0 heterocycles. The number of hydrogen-bond acceptors (Lipinski definition) is 5. The molecule has 6 nitrogen and oxygen atoms in total. The molecular weight excluding hydrogens is 997 g/mol. The van der Waals surface area contributed by atoms with Gasteiger partial charge in [-0.25, -0.2) is 0 Å². The minimum atomic E-state index is -0.690. The molecule has 0 spiro atoms. The predicted octanol–water partition coefficient (Wildman–Crippen LogP) is 23.2. The van der Waals surface area contributed by atoms with Crippen molar-refractivity contribution in [3.63, 3.8) is 0 Å². The summed E-state index contributed by atoms with van der Waals surface area (Å²) in [6.45, 7) is 10.8. The van der Waals surface area contributed by atoms with Gasteiger partial charge in [0.15, 0.2) is 0 Å². The number of carbonyl (C=O) groups is 1. The van der Waals surface area contributed by atoms with E-state index < -0.39 is 11.9 Å². The summed E-state index contributed by atoms with van der Waals surface area (Å²) in [7, 11) is 0. The van der Waals surface area contributed by atoms with Gasteiger partial charge in [0.1, 0.15) is 0 Å². The fraction of sp³-hybridized carbons (Fsp3) is 0.827. The number of benzene rings is 2. The molecule has 0 saturated carbocycles. The molecule has 81 heavy (non-hydrogen) atoms. The number of hydrogen-bond donors (Lipinski definition) is 1. The van der Waals surface area contributed by atoms with E-state index in [2.05, 4.69) is 50.2 Å². The lowest BCUT2D eigenvalue weighted by molar-refractivity contribution is -0.143. The van der Waals surface area contributed by atoms with Crippen LogP contribution < -0.4 is 0 Å². The van der Waals surface area contributed by atoms with Crippen LogP contribution >= 0.6 is 0 Å². The normalized spacial score (nSPS) is 15.5. The SMILES string of the molecule is CCCCCCCCCCCCCCCCCCCCCCOCCCCCCOCc1cccc2c1C1CC(C(=O)O)C2c2c(COCCCCCCOCCCCCCCCCCCCCCCCCCCCCC)cccc21. The molecule has 0 fully saturated rings. The highest BCUT2D eigenvalue weighted by Gasteiger charge is 2.48. The van der Waals surface area contributed by atoms with Crippen molar-refractivity contribution in [3.8, 4) is 0 Å². The Morgan fingerprint density at radius 2 is 0.605 bits per heavy atom. The first-order chi connectivity index (χ1) is 40.2. The van der Waals surface area contributed by atoms with Gasteiger partial charge in [-0.15, -0.1) is 0 Å². The number of carboxylic acids is 1. The zero-order valence-corrected chi connectivity index (χ0v) is 53.5. The zero-order chi connectivity index (χ0) is 57.1. The molecule has 1 N–H and O–H groups in total. The van der Waals surface area contributed by atoms with Crippen LogP contribution in [0.5, 0.6) is 0 Å². The standard InChI is InChI=1S/C75H130O6/c1-3-5-7-9-11-13-15-17-19-21-23-25-27-29-31-33-35-37-39-45-57-78-59-47-41-43-49-61-80-64-66-53-52-56-69-72(66)70-63-71(75(76)77)74(69)73-67(54-51-55-68(70)73)65-81-62-50-44-42-48-60-79-58-46-40-38-36-34-32-30-28-26-24-22-20-18-16-14-12-10-8-6-4-2/h51-56,70-71,74H,3-50,57-65H2,1-2H3,(H,76,77). The molecule has 0 aromatic heterocycles. The first-order valence-corrected chi connectivity index (χ1v) is 35.9. The van der Waals surface area contributed by atoms with E-state index in [4.69, 9.17) is 18.9 Å². The third-order valence-corrected chi connectivity index (χ3v) is 18.5. The lowest BCUT2D eigenvalue weighted by Crippen LogP contribution is -2.37. The van der Waals surface area contributed by atoms with E-state index in [9.17, 15) is 9.90 Å². The highest BCUT2D eigenvalue weighted by molar-refractivity contribution is 5.76. The van der Waals surface area contributed by atoms with E-state index in [0.717, 1.165) is 83.7 Å². The van der Waals surface area contributed by atoms with E-state index in [1.807, 2.05) is 0 Å². The van der Waals surface area contributed by atoms with Crippen molar-refractivity contribution in [1.82, 2.24) is 0 Å². The molecule has 0 amide bonds. The van der Waals surface area contributed by atoms with Crippen LogP contribution in [0.2, 0.25) is 0 Å². The molecule has 3 aliphatic rings. The van der Waals surface area contributed by atoms with E-state index >= 15 is 0 Å². The van der Waals surface area contributed by atoms with Crippen molar-refractivity contribution in [2.24, 2.45) is 5.92 Å². The number of carboxylic acid groups (broad SMARTS) is 1.